The molecule has 1 aliphatic carbocycles. The Balaban J connectivity index is 2.23. The summed E-state index contributed by atoms with van der Waals surface area (Å²) in [5, 5.41) is 9.95. The predicted octanol–water partition coefficient (Wildman–Crippen LogP) is 7.79. The SMILES string of the molecule is COc1ccc(N=NC(=C2C=C(C(C)(C)C)C(=O)C(C(C)(C)C)=C2)c2ccc(OC)s2)cc1. The van der Waals surface area contributed by atoms with Gasteiger partial charge in [-0.25, -0.2) is 0 Å². The van der Waals surface area contributed by atoms with Crippen molar-refractivity contribution < 1.29 is 14.3 Å². The average Bonchev–Trinajstić information content (AvgIpc) is 3.22. The van der Waals surface area contributed by atoms with Gasteiger partial charge in [0.05, 0.1) is 24.8 Å². The molecule has 0 radical (unpaired) electrons. The Kier molecular flexibility index (Phi) is 7.08. The van der Waals surface area contributed by atoms with Crippen LogP contribution >= 0.6 is 11.3 Å². The predicted molar refractivity (Wildman–Crippen MR) is 135 cm³/mol. The molecule has 0 unspecified atom stereocenters. The second-order valence-electron chi connectivity index (χ2n) is 9.97. The first-order chi connectivity index (χ1) is 15.4. The second-order valence-corrected chi connectivity index (χ2v) is 11.0. The van der Waals surface area contributed by atoms with Crippen LogP contribution in [0.4, 0.5) is 5.69 Å². The first-order valence-corrected chi connectivity index (χ1v) is 11.7. The fraction of sp³-hybridized carbons (Fsp3) is 0.370. The van der Waals surface area contributed by atoms with E-state index in [4.69, 9.17) is 9.47 Å². The molecule has 0 fully saturated rings. The van der Waals surface area contributed by atoms with E-state index >= 15 is 0 Å². The Bertz CT molecular complexity index is 1120. The van der Waals surface area contributed by atoms with E-state index in [0.29, 0.717) is 11.4 Å². The minimum atomic E-state index is -0.307. The van der Waals surface area contributed by atoms with E-state index in [0.717, 1.165) is 32.4 Å². The Morgan fingerprint density at radius 3 is 1.85 bits per heavy atom. The number of nitrogens with zero attached hydrogens (tertiary/aromatic N) is 2. The van der Waals surface area contributed by atoms with Crippen LogP contribution in [0.2, 0.25) is 0 Å². The van der Waals surface area contributed by atoms with Gasteiger partial charge in [0.25, 0.3) is 0 Å². The molecule has 5 nitrogen and oxygen atoms in total. The van der Waals surface area contributed by atoms with Crippen molar-refractivity contribution in [3.8, 4) is 10.8 Å². The third-order valence-electron chi connectivity index (χ3n) is 5.33. The lowest BCUT2D eigenvalue weighted by Gasteiger charge is -2.31. The summed E-state index contributed by atoms with van der Waals surface area (Å²) in [6.07, 6.45) is 3.93. The van der Waals surface area contributed by atoms with Gasteiger partial charge in [0.1, 0.15) is 11.4 Å². The van der Waals surface area contributed by atoms with Crippen LogP contribution in [0.15, 0.2) is 75.5 Å². The zero-order valence-electron chi connectivity index (χ0n) is 20.6. The van der Waals surface area contributed by atoms with Gasteiger partial charge < -0.3 is 9.47 Å². The maximum absolute atomic E-state index is 13.4. The highest BCUT2D eigenvalue weighted by Crippen LogP contribution is 2.42. The molecule has 1 aromatic heterocycles. The Labute approximate surface area is 200 Å². The number of Topliss-reactive ketones (excluding diaryl/α,β-unsaturated/α-hetero) is 1. The summed E-state index contributed by atoms with van der Waals surface area (Å²) in [6, 6.07) is 11.3. The third-order valence-corrected chi connectivity index (χ3v) is 6.39. The van der Waals surface area contributed by atoms with E-state index in [1.807, 2.05) is 48.6 Å². The van der Waals surface area contributed by atoms with Gasteiger partial charge in [0.2, 0.25) is 0 Å². The smallest absolute Gasteiger partial charge is 0.186 e. The van der Waals surface area contributed by atoms with Crippen LogP contribution in [0.25, 0.3) is 5.70 Å². The van der Waals surface area contributed by atoms with Crippen molar-refractivity contribution in [2.75, 3.05) is 14.2 Å². The van der Waals surface area contributed by atoms with Gasteiger partial charge in [-0.1, -0.05) is 52.9 Å². The number of carbonyl (C=O) groups excluding carboxylic acids is 1. The lowest BCUT2D eigenvalue weighted by molar-refractivity contribution is -0.114. The average molecular weight is 465 g/mol. The van der Waals surface area contributed by atoms with Crippen molar-refractivity contribution in [3.05, 3.63) is 70.1 Å². The number of azo groups is 1. The zero-order valence-corrected chi connectivity index (χ0v) is 21.5. The lowest BCUT2D eigenvalue weighted by Crippen LogP contribution is -2.28. The molecule has 0 saturated heterocycles. The van der Waals surface area contributed by atoms with Gasteiger partial charge >= 0.3 is 0 Å². The molecule has 0 N–H and O–H groups in total. The van der Waals surface area contributed by atoms with Gasteiger partial charge in [0.15, 0.2) is 10.8 Å². The first-order valence-electron chi connectivity index (χ1n) is 10.9. The summed E-state index contributed by atoms with van der Waals surface area (Å²) < 4.78 is 10.6. The summed E-state index contributed by atoms with van der Waals surface area (Å²) in [5.41, 5.74) is 3.21. The molecule has 0 atom stereocenters. The van der Waals surface area contributed by atoms with Crippen molar-refractivity contribution in [2.45, 2.75) is 41.5 Å². The van der Waals surface area contributed by atoms with E-state index in [-0.39, 0.29) is 16.6 Å². The van der Waals surface area contributed by atoms with Crippen LogP contribution in [-0.4, -0.2) is 20.0 Å². The maximum Gasteiger partial charge on any atom is 0.186 e. The summed E-state index contributed by atoms with van der Waals surface area (Å²) in [5.74, 6) is 0.853. The molecule has 1 aromatic carbocycles. The van der Waals surface area contributed by atoms with E-state index in [9.17, 15) is 4.79 Å². The number of carbonyl (C=O) groups is 1. The van der Waals surface area contributed by atoms with Gasteiger partial charge in [0, 0.05) is 16.7 Å². The largest absolute Gasteiger partial charge is 0.497 e. The van der Waals surface area contributed by atoms with Crippen molar-refractivity contribution in [2.24, 2.45) is 21.1 Å². The van der Waals surface area contributed by atoms with E-state index in [2.05, 4.69) is 51.8 Å². The van der Waals surface area contributed by atoms with Crippen LogP contribution in [0.5, 0.6) is 10.8 Å². The molecule has 0 amide bonds. The molecule has 6 heteroatoms. The maximum atomic E-state index is 13.4. The number of allylic oxidation sites excluding steroid dienone is 5. The Morgan fingerprint density at radius 2 is 1.39 bits per heavy atom. The Morgan fingerprint density at radius 1 is 0.818 bits per heavy atom. The minimum Gasteiger partial charge on any atom is -0.497 e. The minimum absolute atomic E-state index is 0.0916. The molecule has 0 saturated carbocycles. The van der Waals surface area contributed by atoms with Gasteiger partial charge in [-0.15, -0.1) is 5.11 Å². The van der Waals surface area contributed by atoms with Gasteiger partial charge in [-0.2, -0.15) is 5.11 Å². The van der Waals surface area contributed by atoms with Gasteiger partial charge in [-0.3, -0.25) is 4.79 Å². The topological polar surface area (TPSA) is 60.2 Å². The quantitative estimate of drug-likeness (QED) is 0.424. The van der Waals surface area contributed by atoms with Crippen LogP contribution in [0.3, 0.4) is 0 Å². The van der Waals surface area contributed by atoms with Crippen LogP contribution in [0.1, 0.15) is 46.4 Å². The molecule has 1 aliphatic rings. The molecular formula is C27H32N2O3S. The van der Waals surface area contributed by atoms with Crippen LogP contribution in [-0.2, 0) is 4.79 Å². The lowest BCUT2D eigenvalue weighted by atomic mass is 9.71. The fourth-order valence-electron chi connectivity index (χ4n) is 3.44. The number of methoxy groups -OCH3 is 2. The number of ketones is 1. The Hall–Kier alpha value is -2.99. The molecule has 33 heavy (non-hydrogen) atoms. The number of hydrogen-bond donors (Lipinski definition) is 0. The van der Waals surface area contributed by atoms with Crippen molar-refractivity contribution in [1.29, 1.82) is 0 Å². The molecule has 174 valence electrons. The number of hydrogen-bond acceptors (Lipinski definition) is 6. The molecule has 2 aromatic rings. The third kappa shape index (κ3) is 5.69. The molecule has 0 spiro atoms. The molecular weight excluding hydrogens is 432 g/mol. The first kappa shape index (κ1) is 24.6. The molecule has 0 aliphatic heterocycles. The molecule has 1 heterocycles. The number of rotatable bonds is 5. The highest BCUT2D eigenvalue weighted by molar-refractivity contribution is 7.14. The van der Waals surface area contributed by atoms with E-state index < -0.39 is 0 Å². The standard InChI is InChI=1S/C27H32N2O3S/c1-26(2,3)20-15-17(16-21(25(20)30)27(4,5)6)24(22-13-14-23(32-8)33-22)29-28-18-9-11-19(31-7)12-10-18/h9-16H,1-8H3. The number of ether oxygens (including phenoxy) is 2. The number of thiophene rings is 1. The van der Waals surface area contributed by atoms with Crippen molar-refractivity contribution in [1.82, 2.24) is 0 Å². The van der Waals surface area contributed by atoms with Gasteiger partial charge in [-0.05, 0) is 59.4 Å². The summed E-state index contributed by atoms with van der Waals surface area (Å²) in [4.78, 5) is 14.3. The van der Waals surface area contributed by atoms with Crippen molar-refractivity contribution in [3.63, 3.8) is 0 Å². The van der Waals surface area contributed by atoms with Crippen LogP contribution in [0, 0.1) is 10.8 Å². The zero-order chi connectivity index (χ0) is 24.4. The summed E-state index contributed by atoms with van der Waals surface area (Å²) in [7, 11) is 3.28. The fourth-order valence-corrected chi connectivity index (χ4v) is 4.27. The van der Waals surface area contributed by atoms with E-state index in [1.54, 1.807) is 14.2 Å². The summed E-state index contributed by atoms with van der Waals surface area (Å²) in [6.45, 7) is 12.4. The molecule has 0 bridgehead atoms. The second kappa shape index (κ2) is 9.48. The monoisotopic (exact) mass is 464 g/mol. The highest BCUT2D eigenvalue weighted by atomic mass is 32.1. The molecule has 3 rings (SSSR count). The number of benzene rings is 1. The van der Waals surface area contributed by atoms with Crippen LogP contribution < -0.4 is 9.47 Å². The van der Waals surface area contributed by atoms with E-state index in [1.165, 1.54) is 11.3 Å². The summed E-state index contributed by atoms with van der Waals surface area (Å²) >= 11 is 1.50. The highest BCUT2D eigenvalue weighted by Gasteiger charge is 2.34. The normalized spacial score (nSPS) is 14.9. The van der Waals surface area contributed by atoms with Crippen molar-refractivity contribution >= 4 is 28.5 Å².